The number of aryl methyl sites for hydroxylation is 2. The third-order valence-electron chi connectivity index (χ3n) is 8.45. The summed E-state index contributed by atoms with van der Waals surface area (Å²) in [5, 5.41) is 3.65. The number of anilines is 1. The van der Waals surface area contributed by atoms with Crippen LogP contribution in [0.2, 0.25) is 5.02 Å². The van der Waals surface area contributed by atoms with Crippen LogP contribution in [-0.2, 0) is 32.6 Å². The number of hydrogen-bond acceptors (Lipinski definition) is 4. The quantitative estimate of drug-likeness (QED) is 0.181. The number of rotatable bonds is 12. The van der Waals surface area contributed by atoms with Crippen molar-refractivity contribution in [1.82, 2.24) is 10.2 Å². The molecule has 1 aliphatic rings. The summed E-state index contributed by atoms with van der Waals surface area (Å²) < 4.78 is 29.6. The average molecular weight is 658 g/mol. The van der Waals surface area contributed by atoms with Gasteiger partial charge in [0.15, 0.2) is 0 Å². The molecule has 0 radical (unpaired) electrons. The number of hydrogen-bond donors (Lipinski definition) is 1. The summed E-state index contributed by atoms with van der Waals surface area (Å²) in [5.41, 5.74) is 3.67. The fourth-order valence-corrected chi connectivity index (χ4v) is 7.48. The molecule has 2 amide bonds. The zero-order valence-electron chi connectivity index (χ0n) is 26.2. The summed E-state index contributed by atoms with van der Waals surface area (Å²) in [4.78, 5) is 30.3. The second kappa shape index (κ2) is 15.0. The Morgan fingerprint density at radius 1 is 0.848 bits per heavy atom. The number of nitrogens with one attached hydrogen (secondary N) is 1. The Labute approximate surface area is 277 Å². The first-order chi connectivity index (χ1) is 22.1. The Bertz CT molecular complexity index is 1760. The number of carbonyl (C=O) groups excluding carboxylic acids is 2. The van der Waals surface area contributed by atoms with Crippen molar-refractivity contribution in [2.24, 2.45) is 0 Å². The Morgan fingerprint density at radius 2 is 1.52 bits per heavy atom. The highest BCUT2D eigenvalue weighted by Crippen LogP contribution is 2.27. The van der Waals surface area contributed by atoms with Gasteiger partial charge in [-0.05, 0) is 73.7 Å². The van der Waals surface area contributed by atoms with E-state index in [2.05, 4.69) is 5.32 Å². The van der Waals surface area contributed by atoms with Crippen molar-refractivity contribution >= 4 is 39.1 Å². The third kappa shape index (κ3) is 8.17. The minimum absolute atomic E-state index is 0.0281. The maximum Gasteiger partial charge on any atom is 0.264 e. The first-order valence-electron chi connectivity index (χ1n) is 15.6. The van der Waals surface area contributed by atoms with Gasteiger partial charge in [-0.1, -0.05) is 103 Å². The molecule has 1 unspecified atom stereocenters. The van der Waals surface area contributed by atoms with Gasteiger partial charge in [0.1, 0.15) is 12.6 Å². The minimum atomic E-state index is -4.16. The van der Waals surface area contributed by atoms with Gasteiger partial charge in [0.05, 0.1) is 10.6 Å². The maximum atomic E-state index is 14.6. The SMILES string of the molecule is Cc1ccc(S(=O)(=O)N(CC(=O)N(Cc2ccccc2Cl)C(Cc2ccccc2)C(=O)NC2CCCC2)c2cccc(C)c2)cc1. The molecule has 0 spiro atoms. The molecule has 0 aromatic heterocycles. The van der Waals surface area contributed by atoms with Crippen molar-refractivity contribution in [3.05, 3.63) is 130 Å². The van der Waals surface area contributed by atoms with Crippen molar-refractivity contribution < 1.29 is 18.0 Å². The van der Waals surface area contributed by atoms with Crippen molar-refractivity contribution in [1.29, 1.82) is 0 Å². The van der Waals surface area contributed by atoms with E-state index in [0.717, 1.165) is 46.7 Å². The first kappa shape index (κ1) is 33.2. The summed E-state index contributed by atoms with van der Waals surface area (Å²) in [6, 6.07) is 29.5. The summed E-state index contributed by atoms with van der Waals surface area (Å²) in [6.07, 6.45) is 4.11. The van der Waals surface area contributed by atoms with E-state index < -0.39 is 28.5 Å². The lowest BCUT2D eigenvalue weighted by Crippen LogP contribution is -2.54. The van der Waals surface area contributed by atoms with Crippen LogP contribution in [0.15, 0.2) is 108 Å². The Morgan fingerprint density at radius 3 is 2.20 bits per heavy atom. The highest BCUT2D eigenvalue weighted by atomic mass is 35.5. The van der Waals surface area contributed by atoms with Crippen molar-refractivity contribution in [3.8, 4) is 0 Å². The lowest BCUT2D eigenvalue weighted by Gasteiger charge is -2.34. The molecule has 4 aromatic rings. The van der Waals surface area contributed by atoms with Crippen molar-refractivity contribution in [2.45, 2.75) is 69.5 Å². The molecular weight excluding hydrogens is 618 g/mol. The van der Waals surface area contributed by atoms with E-state index in [0.29, 0.717) is 16.3 Å². The van der Waals surface area contributed by atoms with E-state index >= 15 is 0 Å². The van der Waals surface area contributed by atoms with Crippen LogP contribution in [0.5, 0.6) is 0 Å². The monoisotopic (exact) mass is 657 g/mol. The van der Waals surface area contributed by atoms with Crippen LogP contribution in [0.4, 0.5) is 5.69 Å². The van der Waals surface area contributed by atoms with Crippen LogP contribution in [0, 0.1) is 13.8 Å². The molecule has 1 aliphatic carbocycles. The van der Waals surface area contributed by atoms with Gasteiger partial charge in [-0.15, -0.1) is 0 Å². The molecule has 46 heavy (non-hydrogen) atoms. The van der Waals surface area contributed by atoms with Gasteiger partial charge in [0.2, 0.25) is 11.8 Å². The molecule has 7 nitrogen and oxygen atoms in total. The zero-order chi connectivity index (χ0) is 32.7. The lowest BCUT2D eigenvalue weighted by atomic mass is 10.0. The molecule has 0 aliphatic heterocycles. The normalized spacial score (nSPS) is 14.1. The van der Waals surface area contributed by atoms with Crippen LogP contribution >= 0.6 is 11.6 Å². The van der Waals surface area contributed by atoms with Gasteiger partial charge in [-0.2, -0.15) is 0 Å². The van der Waals surface area contributed by atoms with Gasteiger partial charge < -0.3 is 10.2 Å². The lowest BCUT2D eigenvalue weighted by molar-refractivity contribution is -0.140. The maximum absolute atomic E-state index is 14.6. The largest absolute Gasteiger partial charge is 0.352 e. The van der Waals surface area contributed by atoms with Crippen LogP contribution in [0.3, 0.4) is 0 Å². The molecule has 1 saturated carbocycles. The van der Waals surface area contributed by atoms with E-state index in [1.165, 1.54) is 4.90 Å². The molecule has 1 fully saturated rings. The van der Waals surface area contributed by atoms with Gasteiger partial charge in [0.25, 0.3) is 10.0 Å². The Hall–Kier alpha value is -4.14. The summed E-state index contributed by atoms with van der Waals surface area (Å²) in [6.45, 7) is 3.27. The van der Waals surface area contributed by atoms with Crippen LogP contribution < -0.4 is 9.62 Å². The highest BCUT2D eigenvalue weighted by Gasteiger charge is 2.35. The number of carbonyl (C=O) groups is 2. The van der Waals surface area contributed by atoms with Gasteiger partial charge in [0, 0.05) is 24.0 Å². The average Bonchev–Trinajstić information content (AvgIpc) is 3.56. The highest BCUT2D eigenvalue weighted by molar-refractivity contribution is 7.92. The van der Waals surface area contributed by atoms with E-state index in [1.54, 1.807) is 54.6 Å². The fraction of sp³-hybridized carbons (Fsp3) is 0.297. The number of sulfonamides is 1. The van der Waals surface area contributed by atoms with Gasteiger partial charge in [-0.25, -0.2) is 8.42 Å². The summed E-state index contributed by atoms with van der Waals surface area (Å²) in [5.74, 6) is -0.778. The molecule has 4 aromatic carbocycles. The van der Waals surface area contributed by atoms with E-state index in [4.69, 9.17) is 11.6 Å². The molecule has 1 N–H and O–H groups in total. The predicted octanol–water partition coefficient (Wildman–Crippen LogP) is 6.85. The second-order valence-electron chi connectivity index (χ2n) is 12.0. The number of benzene rings is 4. The second-order valence-corrected chi connectivity index (χ2v) is 14.2. The molecular formula is C37H40ClN3O4S. The van der Waals surface area contributed by atoms with E-state index in [-0.39, 0.29) is 29.8 Å². The first-order valence-corrected chi connectivity index (χ1v) is 17.5. The van der Waals surface area contributed by atoms with E-state index in [1.807, 2.05) is 62.4 Å². The minimum Gasteiger partial charge on any atom is -0.352 e. The molecule has 240 valence electrons. The molecule has 0 saturated heterocycles. The number of amides is 2. The molecule has 0 bridgehead atoms. The van der Waals surface area contributed by atoms with E-state index in [9.17, 15) is 18.0 Å². The van der Waals surface area contributed by atoms with Crippen LogP contribution in [0.1, 0.15) is 47.9 Å². The summed E-state index contributed by atoms with van der Waals surface area (Å²) in [7, 11) is -4.16. The van der Waals surface area contributed by atoms with Gasteiger partial charge >= 0.3 is 0 Å². The molecule has 5 rings (SSSR count). The Kier molecular flexibility index (Phi) is 10.8. The van der Waals surface area contributed by atoms with Crippen molar-refractivity contribution in [3.63, 3.8) is 0 Å². The molecule has 1 atom stereocenters. The standard InChI is InChI=1S/C37H40ClN3O4S/c1-27-19-21-33(22-20-27)46(44,45)41(32-17-10-11-28(2)23-32)26-36(42)40(25-30-14-6-9-18-34(30)38)35(24-29-12-4-3-5-13-29)37(43)39-31-15-7-8-16-31/h3-6,9-14,17-23,31,35H,7-8,15-16,24-26H2,1-2H3,(H,39,43). The number of halogens is 1. The van der Waals surface area contributed by atoms with Crippen molar-refractivity contribution in [2.75, 3.05) is 10.8 Å². The van der Waals surface area contributed by atoms with Crippen LogP contribution in [0.25, 0.3) is 0 Å². The fourth-order valence-electron chi connectivity index (χ4n) is 5.88. The summed E-state index contributed by atoms with van der Waals surface area (Å²) >= 11 is 6.59. The number of nitrogens with zero attached hydrogens (tertiary/aromatic N) is 2. The Balaban J connectivity index is 1.57. The molecule has 9 heteroatoms. The van der Waals surface area contributed by atoms with Crippen LogP contribution in [-0.4, -0.2) is 43.8 Å². The van der Waals surface area contributed by atoms with Gasteiger partial charge in [-0.3, -0.25) is 13.9 Å². The smallest absolute Gasteiger partial charge is 0.264 e. The third-order valence-corrected chi connectivity index (χ3v) is 10.6. The topological polar surface area (TPSA) is 86.8 Å². The molecule has 0 heterocycles. The predicted molar refractivity (Wildman–Crippen MR) is 183 cm³/mol. The zero-order valence-corrected chi connectivity index (χ0v) is 27.8.